The first-order chi connectivity index (χ1) is 14.2. The van der Waals surface area contributed by atoms with Gasteiger partial charge in [0.15, 0.2) is 14.6 Å². The fourth-order valence-electron chi connectivity index (χ4n) is 3.04. The molecule has 1 heterocycles. The lowest BCUT2D eigenvalue weighted by Crippen LogP contribution is -2.49. The van der Waals surface area contributed by atoms with Crippen LogP contribution in [0.15, 0.2) is 24.4 Å². The van der Waals surface area contributed by atoms with Crippen molar-refractivity contribution in [3.05, 3.63) is 30.0 Å². The number of sulfone groups is 1. The molecule has 1 aliphatic carbocycles. The number of carbonyl (C=O) groups is 1. The van der Waals surface area contributed by atoms with Gasteiger partial charge in [0.1, 0.15) is 0 Å². The number of fused-ring (bicyclic) bond motifs is 1. The van der Waals surface area contributed by atoms with Gasteiger partial charge in [-0.3, -0.25) is 14.7 Å². The van der Waals surface area contributed by atoms with Gasteiger partial charge in [0, 0.05) is 42.5 Å². The van der Waals surface area contributed by atoms with Crippen molar-refractivity contribution in [2.24, 2.45) is 11.8 Å². The van der Waals surface area contributed by atoms with E-state index in [0.717, 1.165) is 23.6 Å². The largest absolute Gasteiger partial charge is 0.396 e. The molecule has 2 aromatic rings. The van der Waals surface area contributed by atoms with E-state index in [1.54, 1.807) is 10.9 Å². The highest BCUT2D eigenvalue weighted by atomic mass is 32.2. The Balaban J connectivity index is 1.72. The number of hydroxylamine groups is 1. The monoisotopic (exact) mass is 429 g/mol. The number of nitrogens with zero attached hydrogens (tertiary/aromatic N) is 2. The number of hydrogen-bond acceptors (Lipinski definition) is 6. The summed E-state index contributed by atoms with van der Waals surface area (Å²) in [5, 5.41) is 23.1. The van der Waals surface area contributed by atoms with Gasteiger partial charge in [-0.15, -0.1) is 0 Å². The van der Waals surface area contributed by atoms with E-state index < -0.39 is 20.5 Å². The topological polar surface area (TPSA) is 122 Å². The third-order valence-corrected chi connectivity index (χ3v) is 7.48. The van der Waals surface area contributed by atoms with Crippen LogP contribution in [-0.2, 0) is 21.2 Å². The van der Waals surface area contributed by atoms with Gasteiger partial charge in [0.05, 0.1) is 5.52 Å². The zero-order valence-electron chi connectivity index (χ0n) is 16.7. The van der Waals surface area contributed by atoms with Crippen LogP contribution >= 0.6 is 0 Å². The first-order valence-corrected chi connectivity index (χ1v) is 11.3. The minimum atomic E-state index is -3.76. The Labute approximate surface area is 175 Å². The highest BCUT2D eigenvalue weighted by molar-refractivity contribution is 7.92. The molecule has 3 atom stereocenters. The van der Waals surface area contributed by atoms with E-state index in [1.165, 1.54) is 12.4 Å². The zero-order valence-corrected chi connectivity index (χ0v) is 17.5. The van der Waals surface area contributed by atoms with Crippen molar-refractivity contribution in [1.82, 2.24) is 15.3 Å². The average Bonchev–Trinajstić information content (AvgIpc) is 3.35. The second-order valence-electron chi connectivity index (χ2n) is 7.66. The van der Waals surface area contributed by atoms with Crippen molar-refractivity contribution in [1.29, 1.82) is 0 Å². The Morgan fingerprint density at radius 2 is 2.17 bits per heavy atom. The highest BCUT2D eigenvalue weighted by Gasteiger charge is 2.43. The van der Waals surface area contributed by atoms with Crippen molar-refractivity contribution in [3.8, 4) is 23.7 Å². The molecule has 0 aliphatic heterocycles. The maximum Gasteiger partial charge on any atom is 0.264 e. The maximum absolute atomic E-state index is 12.1. The summed E-state index contributed by atoms with van der Waals surface area (Å²) in [6.07, 6.45) is 3.59. The van der Waals surface area contributed by atoms with Crippen LogP contribution in [0.2, 0.25) is 0 Å². The van der Waals surface area contributed by atoms with Gasteiger partial charge < -0.3 is 5.11 Å². The molecule has 0 saturated heterocycles. The maximum atomic E-state index is 12.1. The number of nitrogens with one attached hydrogen (secondary N) is 1. The van der Waals surface area contributed by atoms with E-state index in [2.05, 4.69) is 28.8 Å². The molecule has 30 heavy (non-hydrogen) atoms. The molecule has 1 aromatic heterocycles. The number of aryl methyl sites for hydroxylation is 1. The summed E-state index contributed by atoms with van der Waals surface area (Å²) < 4.78 is 23.9. The number of aromatic nitrogens is 2. The lowest BCUT2D eigenvalue weighted by Gasteiger charge is -2.24. The Bertz CT molecular complexity index is 1200. The minimum Gasteiger partial charge on any atom is -0.396 e. The number of aliphatic hydroxyl groups is 1. The van der Waals surface area contributed by atoms with Gasteiger partial charge in [-0.25, -0.2) is 13.9 Å². The van der Waals surface area contributed by atoms with Gasteiger partial charge in [-0.2, -0.15) is 5.10 Å². The molecule has 3 N–H and O–H groups in total. The average molecular weight is 429 g/mol. The van der Waals surface area contributed by atoms with Crippen molar-refractivity contribution >= 4 is 26.6 Å². The lowest BCUT2D eigenvalue weighted by atomic mass is 10.1. The smallest absolute Gasteiger partial charge is 0.264 e. The van der Waals surface area contributed by atoms with Crippen molar-refractivity contribution in [2.45, 2.75) is 31.1 Å². The zero-order chi connectivity index (χ0) is 21.9. The molecular weight excluding hydrogens is 406 g/mol. The van der Waals surface area contributed by atoms with E-state index in [9.17, 15) is 13.2 Å². The lowest BCUT2D eigenvalue weighted by molar-refractivity contribution is -0.131. The molecular formula is C21H23N3O5S. The van der Waals surface area contributed by atoms with Crippen LogP contribution in [0, 0.1) is 35.5 Å². The molecule has 8 nitrogen and oxygen atoms in total. The number of carbonyl (C=O) groups excluding carboxylic acids is 1. The molecule has 1 aliphatic rings. The molecule has 1 fully saturated rings. The molecule has 1 saturated carbocycles. The van der Waals surface area contributed by atoms with Crippen LogP contribution in [0.4, 0.5) is 0 Å². The van der Waals surface area contributed by atoms with E-state index in [0.29, 0.717) is 5.52 Å². The minimum absolute atomic E-state index is 0.0511. The standard InChI is InChI=1S/C21H23N3O5S/c1-21(20(26)23-27,30(2,28)29)9-10-24-13-17-11-15(7-8-19(17)22-24)5-3-4-6-16-12-18(16)14-25/h7-8,11,13,16,18,25,27H,9-10,12,14H2,1-2H3,(H,23,26)/t16-,18+,21?/m1/s1. The Kier molecular flexibility index (Phi) is 6.18. The number of benzene rings is 1. The Morgan fingerprint density at radius 3 is 2.80 bits per heavy atom. The van der Waals surface area contributed by atoms with Gasteiger partial charge in [-0.1, -0.05) is 11.8 Å². The third kappa shape index (κ3) is 4.65. The number of aliphatic hydroxyl groups excluding tert-OH is 1. The molecule has 3 rings (SSSR count). The predicted molar refractivity (Wildman–Crippen MR) is 111 cm³/mol. The first kappa shape index (κ1) is 21.8. The van der Waals surface area contributed by atoms with Crippen LogP contribution in [0.1, 0.15) is 25.3 Å². The summed E-state index contributed by atoms with van der Waals surface area (Å²) in [4.78, 5) is 11.9. The van der Waals surface area contributed by atoms with Gasteiger partial charge in [0.25, 0.3) is 5.91 Å². The third-order valence-electron chi connectivity index (χ3n) is 5.45. The number of hydrogen-bond donors (Lipinski definition) is 3. The number of rotatable bonds is 6. The Morgan fingerprint density at radius 1 is 1.40 bits per heavy atom. The first-order valence-electron chi connectivity index (χ1n) is 9.41. The van der Waals surface area contributed by atoms with Crippen molar-refractivity contribution in [3.63, 3.8) is 0 Å². The molecule has 0 spiro atoms. The molecule has 1 unspecified atom stereocenters. The van der Waals surface area contributed by atoms with E-state index in [1.807, 2.05) is 18.2 Å². The summed E-state index contributed by atoms with van der Waals surface area (Å²) >= 11 is 0. The molecule has 1 aromatic carbocycles. The second kappa shape index (κ2) is 8.49. The van der Waals surface area contributed by atoms with Crippen LogP contribution in [0.5, 0.6) is 0 Å². The number of amides is 1. The normalized spacial score (nSPS) is 19.7. The second-order valence-corrected chi connectivity index (χ2v) is 10.1. The molecule has 1 amide bonds. The van der Waals surface area contributed by atoms with Gasteiger partial charge in [-0.05, 0) is 55.7 Å². The molecule has 0 radical (unpaired) electrons. The van der Waals surface area contributed by atoms with Crippen LogP contribution in [0.25, 0.3) is 10.9 Å². The highest BCUT2D eigenvalue weighted by Crippen LogP contribution is 2.36. The van der Waals surface area contributed by atoms with Crippen LogP contribution in [0.3, 0.4) is 0 Å². The fourth-order valence-corrected chi connectivity index (χ4v) is 3.89. The summed E-state index contributed by atoms with van der Waals surface area (Å²) in [5.74, 6) is 11.2. The summed E-state index contributed by atoms with van der Waals surface area (Å²) in [7, 11) is -3.76. The molecule has 158 valence electrons. The SMILES string of the molecule is CC(CCn1cc2cc(C#CC#C[C@@H]3C[C@H]3CO)ccc2n1)(C(=O)NO)S(C)(=O)=O. The summed E-state index contributed by atoms with van der Waals surface area (Å²) in [6, 6.07) is 5.49. The van der Waals surface area contributed by atoms with Crippen molar-refractivity contribution in [2.75, 3.05) is 12.9 Å². The Hall–Kier alpha value is -2.85. The molecule has 0 bridgehead atoms. The summed E-state index contributed by atoms with van der Waals surface area (Å²) in [6.45, 7) is 1.61. The van der Waals surface area contributed by atoms with Crippen LogP contribution in [-0.4, -0.2) is 52.0 Å². The van der Waals surface area contributed by atoms with Crippen LogP contribution < -0.4 is 5.48 Å². The van der Waals surface area contributed by atoms with E-state index >= 15 is 0 Å². The quantitative estimate of drug-likeness (QED) is 0.353. The summed E-state index contributed by atoms with van der Waals surface area (Å²) in [5.41, 5.74) is 2.92. The van der Waals surface area contributed by atoms with E-state index in [4.69, 9.17) is 10.3 Å². The predicted octanol–water partition coefficient (Wildman–Crippen LogP) is 0.718. The van der Waals surface area contributed by atoms with Gasteiger partial charge in [0.2, 0.25) is 0 Å². The van der Waals surface area contributed by atoms with E-state index in [-0.39, 0.29) is 31.4 Å². The van der Waals surface area contributed by atoms with Crippen molar-refractivity contribution < 1.29 is 23.5 Å². The molecule has 9 heteroatoms. The fraction of sp³-hybridized carbons (Fsp3) is 0.429. The van der Waals surface area contributed by atoms with Gasteiger partial charge >= 0.3 is 0 Å².